The zero-order valence-electron chi connectivity index (χ0n) is 30.1. The standard InChI is InChI=1S/C36H40F5N7O4Si/c1-22(49)44-31-16-23(12-13-42-31)45-33-30(50-14-9-15-52-53(5,6)35(2,3)4)19-43-34(46-33)32-25-10-7-8-11-29(25)48(47-32)20-26-27(37)17-24(18-28(26)38)51-21-36(39,40)41/h7-8,10-13,16-19H,9,14-15,20-21H2,1-6H3,(H2,42,43,44,45,46,49). The van der Waals surface area contributed by atoms with Gasteiger partial charge in [-0.2, -0.15) is 18.3 Å². The molecule has 0 atom stereocenters. The maximum Gasteiger partial charge on any atom is 0.422 e. The number of pyridine rings is 1. The quantitative estimate of drug-likeness (QED) is 0.0651. The summed E-state index contributed by atoms with van der Waals surface area (Å²) in [5, 5.41) is 11.1. The fourth-order valence-corrected chi connectivity index (χ4v) is 5.99. The summed E-state index contributed by atoms with van der Waals surface area (Å²) in [5.41, 5.74) is 0.885. The molecular formula is C36H40F5N7O4Si. The van der Waals surface area contributed by atoms with E-state index in [1.54, 1.807) is 36.4 Å². The van der Waals surface area contributed by atoms with Crippen LogP contribution in [0.15, 0.2) is 60.9 Å². The molecule has 0 bridgehead atoms. The van der Waals surface area contributed by atoms with Crippen molar-refractivity contribution in [2.45, 2.75) is 65.0 Å². The second-order valence-corrected chi connectivity index (χ2v) is 18.6. The zero-order chi connectivity index (χ0) is 38.6. The van der Waals surface area contributed by atoms with Crippen molar-refractivity contribution in [2.24, 2.45) is 0 Å². The lowest BCUT2D eigenvalue weighted by Crippen LogP contribution is -2.41. The lowest BCUT2D eigenvalue weighted by atomic mass is 10.1. The summed E-state index contributed by atoms with van der Waals surface area (Å²) in [5.74, 6) is -2.03. The topological polar surface area (TPSA) is 125 Å². The summed E-state index contributed by atoms with van der Waals surface area (Å²) < 4.78 is 86.3. The summed E-state index contributed by atoms with van der Waals surface area (Å²) in [6.07, 6.45) is -1.07. The number of fused-ring (bicyclic) bond motifs is 1. The van der Waals surface area contributed by atoms with Gasteiger partial charge in [0.25, 0.3) is 0 Å². The third kappa shape index (κ3) is 10.0. The van der Waals surface area contributed by atoms with E-state index in [1.165, 1.54) is 24.0 Å². The van der Waals surface area contributed by atoms with Crippen LogP contribution in [0.3, 0.4) is 0 Å². The van der Waals surface area contributed by atoms with Crippen LogP contribution in [-0.4, -0.2) is 65.0 Å². The van der Waals surface area contributed by atoms with Crippen molar-refractivity contribution in [1.82, 2.24) is 24.7 Å². The molecule has 17 heteroatoms. The van der Waals surface area contributed by atoms with Gasteiger partial charge in [0.1, 0.15) is 28.9 Å². The van der Waals surface area contributed by atoms with E-state index < -0.39 is 50.6 Å². The Kier molecular flexibility index (Phi) is 11.7. The number of nitrogens with one attached hydrogen (secondary N) is 2. The summed E-state index contributed by atoms with van der Waals surface area (Å²) in [7, 11) is -1.94. The third-order valence-corrected chi connectivity index (χ3v) is 13.1. The first-order valence-corrected chi connectivity index (χ1v) is 19.6. The number of amides is 1. The van der Waals surface area contributed by atoms with Crippen molar-refractivity contribution in [3.05, 3.63) is 78.1 Å². The Morgan fingerprint density at radius 3 is 2.36 bits per heavy atom. The van der Waals surface area contributed by atoms with Crippen LogP contribution in [0.4, 0.5) is 39.3 Å². The van der Waals surface area contributed by atoms with Gasteiger partial charge in [-0.1, -0.05) is 39.0 Å². The molecule has 0 aliphatic rings. The number of halogens is 5. The molecule has 2 N–H and O–H groups in total. The minimum Gasteiger partial charge on any atom is -0.488 e. The minimum absolute atomic E-state index is 0.0634. The predicted octanol–water partition coefficient (Wildman–Crippen LogP) is 8.65. The molecule has 3 heterocycles. The molecule has 53 heavy (non-hydrogen) atoms. The van der Waals surface area contributed by atoms with Crippen molar-refractivity contribution in [1.29, 1.82) is 0 Å². The Balaban J connectivity index is 1.45. The number of nitrogens with zero attached hydrogens (tertiary/aromatic N) is 5. The van der Waals surface area contributed by atoms with Gasteiger partial charge in [-0.05, 0) is 30.3 Å². The third-order valence-electron chi connectivity index (χ3n) is 8.59. The molecule has 2 aromatic carbocycles. The second kappa shape index (κ2) is 15.8. The minimum atomic E-state index is -4.68. The van der Waals surface area contributed by atoms with Gasteiger partial charge in [-0.15, -0.1) is 0 Å². The maximum absolute atomic E-state index is 15.1. The fraction of sp³-hybridized carbons (Fsp3) is 0.361. The summed E-state index contributed by atoms with van der Waals surface area (Å²) in [6, 6.07) is 11.6. The molecule has 282 valence electrons. The smallest absolute Gasteiger partial charge is 0.422 e. The number of ether oxygens (including phenoxy) is 2. The van der Waals surface area contributed by atoms with Gasteiger partial charge >= 0.3 is 6.18 Å². The highest BCUT2D eigenvalue weighted by Gasteiger charge is 2.37. The Labute approximate surface area is 304 Å². The maximum atomic E-state index is 15.1. The molecule has 0 aliphatic heterocycles. The molecule has 1 amide bonds. The van der Waals surface area contributed by atoms with Crippen LogP contribution in [0.25, 0.3) is 22.4 Å². The summed E-state index contributed by atoms with van der Waals surface area (Å²) in [4.78, 5) is 25.1. The number of aromatic nitrogens is 5. The summed E-state index contributed by atoms with van der Waals surface area (Å²) >= 11 is 0. The SMILES string of the molecule is CC(=O)Nc1cc(Nc2nc(-c3nn(Cc4c(F)cc(OCC(F)(F)F)cc4F)c4ccccc34)ncc2OCCCO[Si](C)(C)C(C)(C)C)ccn1. The van der Waals surface area contributed by atoms with Crippen molar-refractivity contribution in [3.8, 4) is 23.0 Å². The number of carbonyl (C=O) groups is 1. The van der Waals surface area contributed by atoms with Crippen LogP contribution in [-0.2, 0) is 15.8 Å². The Bertz CT molecular complexity index is 2060. The lowest BCUT2D eigenvalue weighted by molar-refractivity contribution is -0.153. The van der Waals surface area contributed by atoms with Crippen molar-refractivity contribution >= 4 is 42.5 Å². The number of alkyl halides is 3. The van der Waals surface area contributed by atoms with E-state index in [-0.39, 0.29) is 28.3 Å². The first-order chi connectivity index (χ1) is 24.9. The van der Waals surface area contributed by atoms with Crippen LogP contribution in [0.2, 0.25) is 18.1 Å². The van der Waals surface area contributed by atoms with Crippen LogP contribution >= 0.6 is 0 Å². The molecule has 0 saturated heterocycles. The van der Waals surface area contributed by atoms with E-state index in [2.05, 4.69) is 64.3 Å². The van der Waals surface area contributed by atoms with Gasteiger partial charge in [0, 0.05) is 61.0 Å². The van der Waals surface area contributed by atoms with E-state index in [9.17, 15) is 18.0 Å². The molecule has 0 fully saturated rings. The van der Waals surface area contributed by atoms with Crippen molar-refractivity contribution in [3.63, 3.8) is 0 Å². The normalized spacial score (nSPS) is 12.2. The molecule has 0 unspecified atom stereocenters. The molecule has 3 aromatic heterocycles. The van der Waals surface area contributed by atoms with E-state index in [0.29, 0.717) is 59.9 Å². The van der Waals surface area contributed by atoms with Crippen LogP contribution in [0, 0.1) is 11.6 Å². The van der Waals surface area contributed by atoms with E-state index in [0.717, 1.165) is 0 Å². The summed E-state index contributed by atoms with van der Waals surface area (Å²) in [6.45, 7) is 11.0. The number of hydrogen-bond acceptors (Lipinski definition) is 9. The zero-order valence-corrected chi connectivity index (χ0v) is 31.1. The Hall–Kier alpha value is -5.16. The molecule has 0 aliphatic carbocycles. The average molecular weight is 758 g/mol. The Morgan fingerprint density at radius 2 is 1.68 bits per heavy atom. The van der Waals surface area contributed by atoms with Gasteiger partial charge in [-0.3, -0.25) is 9.48 Å². The number of benzene rings is 2. The van der Waals surface area contributed by atoms with E-state index in [1.807, 2.05) is 0 Å². The molecular weight excluding hydrogens is 718 g/mol. The number of hydrogen-bond donors (Lipinski definition) is 2. The molecule has 5 aromatic rings. The molecule has 0 saturated carbocycles. The van der Waals surface area contributed by atoms with Gasteiger partial charge < -0.3 is 24.5 Å². The van der Waals surface area contributed by atoms with Crippen molar-refractivity contribution < 1.29 is 40.6 Å². The molecule has 11 nitrogen and oxygen atoms in total. The monoisotopic (exact) mass is 757 g/mol. The number of para-hydroxylation sites is 1. The van der Waals surface area contributed by atoms with Gasteiger partial charge in [0.2, 0.25) is 5.91 Å². The highest BCUT2D eigenvalue weighted by Crippen LogP contribution is 2.37. The highest BCUT2D eigenvalue weighted by atomic mass is 28.4. The number of anilines is 3. The van der Waals surface area contributed by atoms with Gasteiger partial charge in [0.05, 0.1) is 24.9 Å². The number of rotatable bonds is 14. The molecule has 0 spiro atoms. The predicted molar refractivity (Wildman–Crippen MR) is 193 cm³/mol. The molecule has 0 radical (unpaired) electrons. The number of carbonyl (C=O) groups excluding carboxylic acids is 1. The van der Waals surface area contributed by atoms with Crippen LogP contribution < -0.4 is 20.1 Å². The first kappa shape index (κ1) is 39.1. The largest absolute Gasteiger partial charge is 0.488 e. The molecule has 5 rings (SSSR count). The fourth-order valence-electron chi connectivity index (χ4n) is 4.90. The Morgan fingerprint density at radius 1 is 0.962 bits per heavy atom. The average Bonchev–Trinajstić information content (AvgIpc) is 3.43. The first-order valence-electron chi connectivity index (χ1n) is 16.7. The highest BCUT2D eigenvalue weighted by molar-refractivity contribution is 6.74. The van der Waals surface area contributed by atoms with Gasteiger partial charge in [0.15, 0.2) is 32.3 Å². The van der Waals surface area contributed by atoms with Crippen LogP contribution in [0.1, 0.15) is 39.7 Å². The van der Waals surface area contributed by atoms with E-state index >= 15 is 8.78 Å². The lowest BCUT2D eigenvalue weighted by Gasteiger charge is -2.36. The van der Waals surface area contributed by atoms with Crippen molar-refractivity contribution in [2.75, 3.05) is 30.5 Å². The van der Waals surface area contributed by atoms with Crippen LogP contribution in [0.5, 0.6) is 11.5 Å². The second-order valence-electron chi connectivity index (χ2n) is 13.7. The van der Waals surface area contributed by atoms with Gasteiger partial charge in [-0.25, -0.2) is 23.7 Å². The van der Waals surface area contributed by atoms with E-state index in [4.69, 9.17) is 14.1 Å².